The fourth-order valence-corrected chi connectivity index (χ4v) is 1.55. The summed E-state index contributed by atoms with van der Waals surface area (Å²) in [5, 5.41) is 0. The van der Waals surface area contributed by atoms with Gasteiger partial charge in [-0.3, -0.25) is 0 Å². The third kappa shape index (κ3) is 6.85. The molecule has 2 unspecified atom stereocenters. The Morgan fingerprint density at radius 2 is 2.09 bits per heavy atom. The first kappa shape index (κ1) is 11.5. The van der Waals surface area contributed by atoms with Gasteiger partial charge < -0.3 is 4.43 Å². The van der Waals surface area contributed by atoms with E-state index in [4.69, 9.17) is 16.0 Å². The molecule has 0 saturated carbocycles. The highest BCUT2D eigenvalue weighted by Crippen LogP contribution is 2.14. The second-order valence-electron chi connectivity index (χ2n) is 3.22. The number of alkyl halides is 1. The van der Waals surface area contributed by atoms with Crippen LogP contribution in [0, 0.1) is 5.92 Å². The van der Waals surface area contributed by atoms with Crippen LogP contribution in [0.2, 0.25) is 0 Å². The maximum atomic E-state index is 5.59. The Balaban J connectivity index is 3.27. The van der Waals surface area contributed by atoms with Gasteiger partial charge in [-0.15, -0.1) is 11.6 Å². The molecule has 0 radical (unpaired) electrons. The maximum Gasteiger partial charge on any atom is 0.146 e. The van der Waals surface area contributed by atoms with Gasteiger partial charge in [0.05, 0.1) is 0 Å². The van der Waals surface area contributed by atoms with E-state index in [1.54, 1.807) is 0 Å². The van der Waals surface area contributed by atoms with E-state index >= 15 is 0 Å². The van der Waals surface area contributed by atoms with Gasteiger partial charge in [-0.25, -0.2) is 0 Å². The standard InChI is InChI=1S/C8H19ClOSi/c1-7(4-3-5-9)6-8(2)10-11/h7-8H,3-6H2,1-2,11H3. The topological polar surface area (TPSA) is 9.23 Å². The molecule has 0 aliphatic heterocycles. The molecule has 0 spiro atoms. The molecule has 2 atom stereocenters. The lowest BCUT2D eigenvalue weighted by molar-refractivity contribution is 0.203. The molecule has 0 rings (SSSR count). The van der Waals surface area contributed by atoms with Crippen molar-refractivity contribution in [1.29, 1.82) is 0 Å². The predicted molar refractivity (Wildman–Crippen MR) is 54.2 cm³/mol. The van der Waals surface area contributed by atoms with Crippen LogP contribution in [0.1, 0.15) is 33.1 Å². The van der Waals surface area contributed by atoms with Crippen molar-refractivity contribution in [1.82, 2.24) is 0 Å². The largest absolute Gasteiger partial charge is 0.425 e. The quantitative estimate of drug-likeness (QED) is 0.462. The van der Waals surface area contributed by atoms with E-state index in [-0.39, 0.29) is 0 Å². The third-order valence-electron chi connectivity index (χ3n) is 1.97. The average Bonchev–Trinajstić information content (AvgIpc) is 2.00. The van der Waals surface area contributed by atoms with Crippen molar-refractivity contribution in [2.45, 2.75) is 39.2 Å². The van der Waals surface area contributed by atoms with Crippen molar-refractivity contribution in [2.24, 2.45) is 5.92 Å². The molecule has 0 heterocycles. The fraction of sp³-hybridized carbons (Fsp3) is 1.00. The first-order chi connectivity index (χ1) is 5.20. The van der Waals surface area contributed by atoms with Crippen LogP contribution < -0.4 is 0 Å². The minimum Gasteiger partial charge on any atom is -0.425 e. The van der Waals surface area contributed by atoms with E-state index in [2.05, 4.69) is 13.8 Å². The summed E-state index contributed by atoms with van der Waals surface area (Å²) in [6.07, 6.45) is 4.00. The molecule has 0 aromatic carbocycles. The van der Waals surface area contributed by atoms with Gasteiger partial charge in [0.2, 0.25) is 0 Å². The van der Waals surface area contributed by atoms with E-state index in [1.165, 1.54) is 12.8 Å². The van der Waals surface area contributed by atoms with E-state index in [0.717, 1.165) is 28.7 Å². The van der Waals surface area contributed by atoms with Crippen LogP contribution >= 0.6 is 11.6 Å². The van der Waals surface area contributed by atoms with Crippen molar-refractivity contribution in [2.75, 3.05) is 5.88 Å². The van der Waals surface area contributed by atoms with Crippen molar-refractivity contribution in [3.63, 3.8) is 0 Å². The molecule has 0 aromatic rings. The Kier molecular flexibility index (Phi) is 7.44. The van der Waals surface area contributed by atoms with Crippen molar-refractivity contribution in [3.05, 3.63) is 0 Å². The highest BCUT2D eigenvalue weighted by atomic mass is 35.5. The summed E-state index contributed by atoms with van der Waals surface area (Å²) in [5.74, 6) is 1.55. The lowest BCUT2D eigenvalue weighted by atomic mass is 10.00. The molecule has 0 aromatic heterocycles. The minimum atomic E-state index is 0.451. The number of hydrogen-bond acceptors (Lipinski definition) is 1. The highest BCUT2D eigenvalue weighted by Gasteiger charge is 2.06. The minimum absolute atomic E-state index is 0.451. The van der Waals surface area contributed by atoms with Crippen molar-refractivity contribution >= 4 is 22.1 Å². The molecule has 0 fully saturated rings. The molecule has 11 heavy (non-hydrogen) atoms. The smallest absolute Gasteiger partial charge is 0.146 e. The monoisotopic (exact) mass is 194 g/mol. The van der Waals surface area contributed by atoms with E-state index < -0.39 is 0 Å². The first-order valence-corrected chi connectivity index (χ1v) is 5.64. The van der Waals surface area contributed by atoms with Gasteiger partial charge in [-0.1, -0.05) is 6.92 Å². The van der Waals surface area contributed by atoms with Crippen LogP contribution in [-0.4, -0.2) is 22.5 Å². The summed E-state index contributed by atoms with van der Waals surface area (Å²) in [6, 6.07) is 0. The predicted octanol–water partition coefficient (Wildman–Crippen LogP) is 1.72. The molecular formula is C8H19ClOSi. The first-order valence-electron chi connectivity index (χ1n) is 4.29. The SMILES string of the molecule is CC(CCCCl)CC(C)O[SiH3]. The maximum absolute atomic E-state index is 5.59. The zero-order chi connectivity index (χ0) is 8.69. The summed E-state index contributed by atoms with van der Waals surface area (Å²) in [6.45, 7) is 4.41. The Morgan fingerprint density at radius 3 is 2.55 bits per heavy atom. The van der Waals surface area contributed by atoms with E-state index in [9.17, 15) is 0 Å². The van der Waals surface area contributed by atoms with Gasteiger partial charge in [0.25, 0.3) is 0 Å². The molecule has 0 N–H and O–H groups in total. The number of hydrogen-bond donors (Lipinski definition) is 0. The number of halogens is 1. The van der Waals surface area contributed by atoms with Crippen LogP contribution in [0.15, 0.2) is 0 Å². The molecule has 1 nitrogen and oxygen atoms in total. The summed E-state index contributed by atoms with van der Waals surface area (Å²) in [5.41, 5.74) is 0. The van der Waals surface area contributed by atoms with E-state index in [1.807, 2.05) is 0 Å². The lowest BCUT2D eigenvalue weighted by Gasteiger charge is -2.15. The van der Waals surface area contributed by atoms with Crippen LogP contribution in [0.25, 0.3) is 0 Å². The van der Waals surface area contributed by atoms with Gasteiger partial charge in [-0.05, 0) is 32.1 Å². The lowest BCUT2D eigenvalue weighted by Crippen LogP contribution is -2.11. The van der Waals surface area contributed by atoms with Gasteiger partial charge >= 0.3 is 0 Å². The molecular weight excluding hydrogens is 176 g/mol. The molecule has 0 aliphatic rings. The van der Waals surface area contributed by atoms with Gasteiger partial charge in [-0.2, -0.15) is 0 Å². The number of rotatable bonds is 6. The Morgan fingerprint density at radius 1 is 1.45 bits per heavy atom. The van der Waals surface area contributed by atoms with Crippen LogP contribution in [0.4, 0.5) is 0 Å². The Bertz CT molecular complexity index is 90.2. The van der Waals surface area contributed by atoms with Crippen LogP contribution in [0.3, 0.4) is 0 Å². The van der Waals surface area contributed by atoms with Crippen LogP contribution in [-0.2, 0) is 4.43 Å². The van der Waals surface area contributed by atoms with E-state index in [0.29, 0.717) is 6.10 Å². The molecule has 0 bridgehead atoms. The highest BCUT2D eigenvalue weighted by molar-refractivity contribution is 6.17. The summed E-state index contributed by atoms with van der Waals surface area (Å²) in [7, 11) is 0.857. The second kappa shape index (κ2) is 7.13. The Labute approximate surface area is 78.0 Å². The fourth-order valence-electron chi connectivity index (χ4n) is 1.21. The van der Waals surface area contributed by atoms with Crippen LogP contribution in [0.5, 0.6) is 0 Å². The van der Waals surface area contributed by atoms with Gasteiger partial charge in [0.1, 0.15) is 10.5 Å². The zero-order valence-corrected chi connectivity index (χ0v) is 10.5. The van der Waals surface area contributed by atoms with Gasteiger partial charge in [0, 0.05) is 12.0 Å². The zero-order valence-electron chi connectivity index (χ0n) is 7.77. The summed E-state index contributed by atoms with van der Waals surface area (Å²) < 4.78 is 5.31. The Hall–Kier alpha value is 0.467. The average molecular weight is 195 g/mol. The summed E-state index contributed by atoms with van der Waals surface area (Å²) in [4.78, 5) is 0. The van der Waals surface area contributed by atoms with Crippen molar-refractivity contribution < 1.29 is 4.43 Å². The molecule has 0 amide bonds. The molecule has 3 heteroatoms. The van der Waals surface area contributed by atoms with Gasteiger partial charge in [0.15, 0.2) is 0 Å². The second-order valence-corrected chi connectivity index (χ2v) is 4.07. The van der Waals surface area contributed by atoms with Crippen molar-refractivity contribution in [3.8, 4) is 0 Å². The summed E-state index contributed by atoms with van der Waals surface area (Å²) >= 11 is 5.59. The third-order valence-corrected chi connectivity index (χ3v) is 3.04. The molecule has 68 valence electrons. The molecule has 0 saturated heterocycles. The normalized spacial score (nSPS) is 16.6. The molecule has 0 aliphatic carbocycles.